The number of benzene rings is 1. The molecule has 1 aromatic carbocycles. The minimum atomic E-state index is -0.0251. The highest BCUT2D eigenvalue weighted by atomic mass is 16.3. The number of hydrogen-bond acceptors (Lipinski definition) is 5. The molecule has 2 atom stereocenters. The van der Waals surface area contributed by atoms with Crippen LogP contribution in [-0.4, -0.2) is 37.6 Å². The molecule has 7 nitrogen and oxygen atoms in total. The van der Waals surface area contributed by atoms with E-state index < -0.39 is 0 Å². The number of nitrogens with zero attached hydrogens (tertiary/aromatic N) is 5. The van der Waals surface area contributed by atoms with Crippen LogP contribution in [0.2, 0.25) is 0 Å². The molecule has 0 aliphatic carbocycles. The number of tetrazole rings is 1. The second-order valence-corrected chi connectivity index (χ2v) is 6.46. The van der Waals surface area contributed by atoms with Gasteiger partial charge < -0.3 is 9.32 Å². The lowest BCUT2D eigenvalue weighted by Crippen LogP contribution is -2.40. The van der Waals surface area contributed by atoms with Gasteiger partial charge >= 0.3 is 0 Å². The lowest BCUT2D eigenvalue weighted by molar-refractivity contribution is 0.0521. The molecule has 1 fully saturated rings. The van der Waals surface area contributed by atoms with Gasteiger partial charge in [-0.25, -0.2) is 4.68 Å². The van der Waals surface area contributed by atoms with Crippen molar-refractivity contribution in [2.75, 3.05) is 6.54 Å². The highest BCUT2D eigenvalue weighted by Gasteiger charge is 2.33. The predicted molar refractivity (Wildman–Crippen MR) is 90.0 cm³/mol. The Morgan fingerprint density at radius 3 is 2.96 bits per heavy atom. The fourth-order valence-electron chi connectivity index (χ4n) is 3.36. The van der Waals surface area contributed by atoms with Crippen molar-refractivity contribution < 1.29 is 9.21 Å². The number of carbonyl (C=O) groups is 1. The highest BCUT2D eigenvalue weighted by Crippen LogP contribution is 2.35. The Hall–Kier alpha value is -2.96. The largest absolute Gasteiger partial charge is 0.467 e. The van der Waals surface area contributed by atoms with E-state index in [1.54, 1.807) is 10.9 Å². The minimum Gasteiger partial charge on any atom is -0.467 e. The summed E-state index contributed by atoms with van der Waals surface area (Å²) in [4.78, 5) is 15.1. The van der Waals surface area contributed by atoms with Crippen molar-refractivity contribution in [3.05, 3.63) is 60.3 Å². The standard InChI is InChI=1S/C18H19N5O2/c1-13-7-8-22(16(10-13)17-6-3-9-25-17)18(24)14-4-2-5-15(11-14)23-12-19-20-21-23/h2-6,9,11-13,16H,7-8,10H2,1H3. The molecule has 3 heterocycles. The van der Waals surface area contributed by atoms with Gasteiger partial charge in [-0.2, -0.15) is 0 Å². The third kappa shape index (κ3) is 3.05. The average Bonchev–Trinajstić information content (AvgIpc) is 3.35. The number of hydrogen-bond donors (Lipinski definition) is 0. The van der Waals surface area contributed by atoms with Crippen molar-refractivity contribution in [1.82, 2.24) is 25.1 Å². The lowest BCUT2D eigenvalue weighted by Gasteiger charge is -2.37. The summed E-state index contributed by atoms with van der Waals surface area (Å²) in [5, 5.41) is 11.2. The van der Waals surface area contributed by atoms with Gasteiger partial charge in [0.25, 0.3) is 5.91 Å². The van der Waals surface area contributed by atoms with Crippen LogP contribution in [0.4, 0.5) is 0 Å². The molecular formula is C18H19N5O2. The van der Waals surface area contributed by atoms with Crippen LogP contribution in [-0.2, 0) is 0 Å². The van der Waals surface area contributed by atoms with E-state index in [4.69, 9.17) is 4.42 Å². The summed E-state index contributed by atoms with van der Waals surface area (Å²) < 4.78 is 7.14. The summed E-state index contributed by atoms with van der Waals surface area (Å²) in [5.41, 5.74) is 1.38. The summed E-state index contributed by atoms with van der Waals surface area (Å²) >= 11 is 0. The Labute approximate surface area is 145 Å². The maximum absolute atomic E-state index is 13.2. The molecule has 4 rings (SSSR count). The van der Waals surface area contributed by atoms with E-state index in [9.17, 15) is 4.79 Å². The molecule has 1 saturated heterocycles. The molecule has 0 spiro atoms. The molecule has 0 radical (unpaired) electrons. The molecule has 25 heavy (non-hydrogen) atoms. The van der Waals surface area contributed by atoms with Gasteiger partial charge in [0.1, 0.15) is 12.1 Å². The SMILES string of the molecule is CC1CCN(C(=O)c2cccc(-n3cnnn3)c2)C(c2ccco2)C1. The molecule has 2 unspecified atom stereocenters. The normalized spacial score (nSPS) is 20.6. The van der Waals surface area contributed by atoms with Crippen molar-refractivity contribution >= 4 is 5.91 Å². The molecule has 1 amide bonds. The smallest absolute Gasteiger partial charge is 0.254 e. The zero-order chi connectivity index (χ0) is 17.2. The Kier molecular flexibility index (Phi) is 4.05. The first-order chi connectivity index (χ1) is 12.2. The van der Waals surface area contributed by atoms with E-state index in [2.05, 4.69) is 22.4 Å². The van der Waals surface area contributed by atoms with Crippen LogP contribution in [0, 0.1) is 5.92 Å². The first-order valence-electron chi connectivity index (χ1n) is 8.40. The fourth-order valence-corrected chi connectivity index (χ4v) is 3.36. The summed E-state index contributed by atoms with van der Waals surface area (Å²) in [5.74, 6) is 1.41. The van der Waals surface area contributed by atoms with Crippen LogP contribution in [0.5, 0.6) is 0 Å². The topological polar surface area (TPSA) is 77.1 Å². The van der Waals surface area contributed by atoms with Crippen molar-refractivity contribution in [3.8, 4) is 5.69 Å². The van der Waals surface area contributed by atoms with Crippen LogP contribution < -0.4 is 0 Å². The fraction of sp³-hybridized carbons (Fsp3) is 0.333. The number of amides is 1. The summed E-state index contributed by atoms with van der Waals surface area (Å²) in [7, 11) is 0. The molecular weight excluding hydrogens is 318 g/mol. The van der Waals surface area contributed by atoms with Crippen molar-refractivity contribution in [1.29, 1.82) is 0 Å². The van der Waals surface area contributed by atoms with Crippen molar-refractivity contribution in [2.45, 2.75) is 25.8 Å². The van der Waals surface area contributed by atoms with Gasteiger partial charge in [-0.3, -0.25) is 4.79 Å². The van der Waals surface area contributed by atoms with Gasteiger partial charge in [0.2, 0.25) is 0 Å². The first kappa shape index (κ1) is 15.6. The van der Waals surface area contributed by atoms with Gasteiger partial charge in [-0.05, 0) is 59.5 Å². The van der Waals surface area contributed by atoms with Crippen LogP contribution in [0.25, 0.3) is 5.69 Å². The lowest BCUT2D eigenvalue weighted by atomic mass is 9.90. The molecule has 0 bridgehead atoms. The Morgan fingerprint density at radius 2 is 2.20 bits per heavy atom. The zero-order valence-electron chi connectivity index (χ0n) is 13.9. The van der Waals surface area contributed by atoms with Gasteiger partial charge in [0.15, 0.2) is 0 Å². The molecule has 1 aliphatic rings. The Bertz CT molecular complexity index is 844. The van der Waals surface area contributed by atoms with Gasteiger partial charge in [0.05, 0.1) is 18.0 Å². The van der Waals surface area contributed by atoms with E-state index in [-0.39, 0.29) is 11.9 Å². The van der Waals surface area contributed by atoms with E-state index in [0.717, 1.165) is 30.8 Å². The highest BCUT2D eigenvalue weighted by molar-refractivity contribution is 5.95. The zero-order valence-corrected chi connectivity index (χ0v) is 13.9. The maximum Gasteiger partial charge on any atom is 0.254 e. The number of likely N-dealkylation sites (tertiary alicyclic amines) is 1. The number of carbonyl (C=O) groups excluding carboxylic acids is 1. The molecule has 7 heteroatoms. The molecule has 1 aliphatic heterocycles. The number of rotatable bonds is 3. The third-order valence-electron chi connectivity index (χ3n) is 4.70. The monoisotopic (exact) mass is 337 g/mol. The summed E-state index contributed by atoms with van der Waals surface area (Å²) in [6.07, 6.45) is 5.08. The summed E-state index contributed by atoms with van der Waals surface area (Å²) in [6, 6.07) is 11.1. The van der Waals surface area contributed by atoms with Crippen LogP contribution in [0.15, 0.2) is 53.4 Å². The van der Waals surface area contributed by atoms with E-state index in [0.29, 0.717) is 11.5 Å². The van der Waals surface area contributed by atoms with E-state index in [1.165, 1.54) is 6.33 Å². The van der Waals surface area contributed by atoms with E-state index in [1.807, 2.05) is 41.3 Å². The second-order valence-electron chi connectivity index (χ2n) is 6.46. The molecule has 3 aromatic rings. The number of furan rings is 1. The van der Waals surface area contributed by atoms with Gasteiger partial charge in [-0.1, -0.05) is 13.0 Å². The Morgan fingerprint density at radius 1 is 1.28 bits per heavy atom. The van der Waals surface area contributed by atoms with Crippen molar-refractivity contribution in [3.63, 3.8) is 0 Å². The molecule has 128 valence electrons. The Balaban J connectivity index is 1.64. The third-order valence-corrected chi connectivity index (χ3v) is 4.70. The first-order valence-corrected chi connectivity index (χ1v) is 8.40. The van der Waals surface area contributed by atoms with Crippen molar-refractivity contribution in [2.24, 2.45) is 5.92 Å². The van der Waals surface area contributed by atoms with E-state index >= 15 is 0 Å². The second kappa shape index (κ2) is 6.51. The van der Waals surface area contributed by atoms with Crippen LogP contribution >= 0.6 is 0 Å². The predicted octanol–water partition coefficient (Wildman–Crippen LogP) is 2.87. The van der Waals surface area contributed by atoms with Gasteiger partial charge in [-0.15, -0.1) is 5.10 Å². The molecule has 0 saturated carbocycles. The molecule has 0 N–H and O–H groups in total. The average molecular weight is 337 g/mol. The summed E-state index contributed by atoms with van der Waals surface area (Å²) in [6.45, 7) is 2.94. The van der Waals surface area contributed by atoms with Crippen LogP contribution in [0.3, 0.4) is 0 Å². The van der Waals surface area contributed by atoms with Gasteiger partial charge in [0, 0.05) is 12.1 Å². The quantitative estimate of drug-likeness (QED) is 0.734. The minimum absolute atomic E-state index is 0.00299. The molecule has 2 aromatic heterocycles. The van der Waals surface area contributed by atoms with Crippen LogP contribution in [0.1, 0.15) is 41.9 Å². The number of piperidine rings is 1. The number of aromatic nitrogens is 4. The maximum atomic E-state index is 13.2.